The van der Waals surface area contributed by atoms with Crippen LogP contribution in [0.2, 0.25) is 0 Å². The van der Waals surface area contributed by atoms with Gasteiger partial charge in [-0.25, -0.2) is 0 Å². The molecule has 0 bridgehead atoms. The van der Waals surface area contributed by atoms with Gasteiger partial charge in [0.15, 0.2) is 0 Å². The molecule has 1 aromatic rings. The summed E-state index contributed by atoms with van der Waals surface area (Å²) in [5, 5.41) is 3.43. The van der Waals surface area contributed by atoms with E-state index in [1.165, 1.54) is 12.0 Å². The van der Waals surface area contributed by atoms with Gasteiger partial charge in [0.05, 0.1) is 0 Å². The molecule has 20 heavy (non-hydrogen) atoms. The van der Waals surface area contributed by atoms with Gasteiger partial charge >= 0.3 is 0 Å². The van der Waals surface area contributed by atoms with E-state index in [9.17, 15) is 4.79 Å². The van der Waals surface area contributed by atoms with E-state index in [2.05, 4.69) is 19.2 Å². The maximum Gasteiger partial charge on any atom is 0.253 e. The summed E-state index contributed by atoms with van der Waals surface area (Å²) in [5.74, 6) is 0.853. The van der Waals surface area contributed by atoms with Crippen molar-refractivity contribution in [3.8, 4) is 0 Å². The van der Waals surface area contributed by atoms with Crippen molar-refractivity contribution < 1.29 is 4.79 Å². The first kappa shape index (κ1) is 16.7. The summed E-state index contributed by atoms with van der Waals surface area (Å²) < 4.78 is 0. The monoisotopic (exact) mass is 276 g/mol. The molecule has 1 amide bonds. The molecule has 0 radical (unpaired) electrons. The van der Waals surface area contributed by atoms with E-state index < -0.39 is 0 Å². The number of amides is 1. The minimum atomic E-state index is 0.120. The Morgan fingerprint density at radius 2 is 1.75 bits per heavy atom. The molecule has 0 fully saturated rings. The van der Waals surface area contributed by atoms with Crippen LogP contribution in [-0.4, -0.2) is 30.4 Å². The highest BCUT2D eigenvalue weighted by Crippen LogP contribution is 2.08. The van der Waals surface area contributed by atoms with Gasteiger partial charge in [0, 0.05) is 25.2 Å². The first-order valence-corrected chi connectivity index (χ1v) is 7.67. The van der Waals surface area contributed by atoms with E-state index in [0.717, 1.165) is 37.7 Å². The molecule has 0 aromatic heterocycles. The van der Waals surface area contributed by atoms with Gasteiger partial charge < -0.3 is 10.2 Å². The van der Waals surface area contributed by atoms with Crippen molar-refractivity contribution in [2.75, 3.05) is 19.6 Å². The van der Waals surface area contributed by atoms with Gasteiger partial charge in [-0.3, -0.25) is 4.79 Å². The van der Waals surface area contributed by atoms with E-state index in [-0.39, 0.29) is 5.91 Å². The molecule has 1 N–H and O–H groups in total. The summed E-state index contributed by atoms with van der Waals surface area (Å²) in [4.78, 5) is 14.0. The lowest BCUT2D eigenvalue weighted by atomic mass is 10.1. The Labute approximate surface area is 123 Å². The van der Waals surface area contributed by atoms with Crippen molar-refractivity contribution in [3.05, 3.63) is 35.4 Å². The molecule has 1 aromatic carbocycles. The predicted octanol–water partition coefficient (Wildman–Crippen LogP) is 3.30. The van der Waals surface area contributed by atoms with Crippen LogP contribution < -0.4 is 5.32 Å². The number of carbonyl (C=O) groups is 1. The molecule has 0 aliphatic heterocycles. The molecular formula is C17H28N2O. The molecule has 3 nitrogen and oxygen atoms in total. The largest absolute Gasteiger partial charge is 0.339 e. The number of carbonyl (C=O) groups excluding carboxylic acids is 1. The van der Waals surface area contributed by atoms with E-state index in [1.807, 2.05) is 43.0 Å². The normalized spacial score (nSPS) is 10.8. The van der Waals surface area contributed by atoms with Gasteiger partial charge in [-0.1, -0.05) is 26.0 Å². The molecule has 0 unspecified atom stereocenters. The molecule has 0 spiro atoms. The summed E-state index contributed by atoms with van der Waals surface area (Å²) in [7, 11) is 0. The number of rotatable bonds is 8. The number of benzene rings is 1. The van der Waals surface area contributed by atoms with Gasteiger partial charge in [0.1, 0.15) is 0 Å². The zero-order valence-electron chi connectivity index (χ0n) is 13.3. The summed E-state index contributed by atoms with van der Waals surface area (Å²) >= 11 is 0. The van der Waals surface area contributed by atoms with Crippen LogP contribution >= 0.6 is 0 Å². The van der Waals surface area contributed by atoms with Crippen LogP contribution in [0.4, 0.5) is 0 Å². The Morgan fingerprint density at radius 1 is 1.15 bits per heavy atom. The second kappa shape index (κ2) is 8.75. The minimum absolute atomic E-state index is 0.120. The van der Waals surface area contributed by atoms with E-state index in [0.29, 0.717) is 0 Å². The maximum atomic E-state index is 12.2. The smallest absolute Gasteiger partial charge is 0.253 e. The zero-order chi connectivity index (χ0) is 15.0. The standard InChI is InChI=1S/C17H28N2O/c1-5-19(6-2)17(20)16-9-7-15(8-10-16)13-18-12-11-14(3)4/h7-10,14,18H,5-6,11-13H2,1-4H3. The lowest BCUT2D eigenvalue weighted by molar-refractivity contribution is 0.0773. The number of nitrogens with zero attached hydrogens (tertiary/aromatic N) is 1. The highest BCUT2D eigenvalue weighted by atomic mass is 16.2. The molecule has 1 rings (SSSR count). The van der Waals surface area contributed by atoms with E-state index >= 15 is 0 Å². The van der Waals surface area contributed by atoms with Crippen LogP contribution in [-0.2, 0) is 6.54 Å². The highest BCUT2D eigenvalue weighted by molar-refractivity contribution is 5.94. The number of nitrogens with one attached hydrogen (secondary N) is 1. The predicted molar refractivity (Wildman–Crippen MR) is 84.9 cm³/mol. The zero-order valence-corrected chi connectivity index (χ0v) is 13.3. The third kappa shape index (κ3) is 5.33. The minimum Gasteiger partial charge on any atom is -0.339 e. The van der Waals surface area contributed by atoms with Gasteiger partial charge in [-0.05, 0) is 50.4 Å². The van der Waals surface area contributed by atoms with E-state index in [1.54, 1.807) is 0 Å². The van der Waals surface area contributed by atoms with Crippen molar-refractivity contribution in [3.63, 3.8) is 0 Å². The SMILES string of the molecule is CCN(CC)C(=O)c1ccc(CNCCC(C)C)cc1. The highest BCUT2D eigenvalue weighted by Gasteiger charge is 2.11. The molecule has 0 aliphatic carbocycles. The Morgan fingerprint density at radius 3 is 2.25 bits per heavy atom. The average molecular weight is 276 g/mol. The van der Waals surface area contributed by atoms with Gasteiger partial charge in [0.2, 0.25) is 0 Å². The molecule has 0 saturated heterocycles. The van der Waals surface area contributed by atoms with Gasteiger partial charge in [-0.15, -0.1) is 0 Å². The molecular weight excluding hydrogens is 248 g/mol. The fourth-order valence-electron chi connectivity index (χ4n) is 2.08. The summed E-state index contributed by atoms with van der Waals surface area (Å²) in [6.45, 7) is 11.9. The van der Waals surface area contributed by atoms with Crippen LogP contribution in [0.15, 0.2) is 24.3 Å². The van der Waals surface area contributed by atoms with Crippen LogP contribution in [0.5, 0.6) is 0 Å². The summed E-state index contributed by atoms with van der Waals surface area (Å²) in [6, 6.07) is 7.94. The van der Waals surface area contributed by atoms with Crippen molar-refractivity contribution in [2.45, 2.75) is 40.7 Å². The van der Waals surface area contributed by atoms with Crippen molar-refractivity contribution >= 4 is 5.91 Å². The second-order valence-electron chi connectivity index (χ2n) is 5.53. The second-order valence-corrected chi connectivity index (χ2v) is 5.53. The topological polar surface area (TPSA) is 32.3 Å². The number of hydrogen-bond donors (Lipinski definition) is 1. The Bertz CT molecular complexity index is 394. The van der Waals surface area contributed by atoms with Crippen LogP contribution in [0, 0.1) is 5.92 Å². The third-order valence-electron chi connectivity index (χ3n) is 3.48. The Hall–Kier alpha value is -1.35. The fourth-order valence-corrected chi connectivity index (χ4v) is 2.08. The van der Waals surface area contributed by atoms with Gasteiger partial charge in [-0.2, -0.15) is 0 Å². The molecule has 3 heteroatoms. The lowest BCUT2D eigenvalue weighted by Gasteiger charge is -2.18. The maximum absolute atomic E-state index is 12.2. The first-order valence-electron chi connectivity index (χ1n) is 7.67. The fraction of sp³-hybridized carbons (Fsp3) is 0.588. The van der Waals surface area contributed by atoms with Crippen LogP contribution in [0.3, 0.4) is 0 Å². The molecule has 0 heterocycles. The molecule has 0 saturated carbocycles. The van der Waals surface area contributed by atoms with Crippen molar-refractivity contribution in [2.24, 2.45) is 5.92 Å². The number of hydrogen-bond acceptors (Lipinski definition) is 2. The van der Waals surface area contributed by atoms with E-state index in [4.69, 9.17) is 0 Å². The summed E-state index contributed by atoms with van der Waals surface area (Å²) in [6.07, 6.45) is 1.19. The van der Waals surface area contributed by atoms with Crippen LogP contribution in [0.1, 0.15) is 50.0 Å². The molecule has 0 atom stereocenters. The first-order chi connectivity index (χ1) is 9.58. The van der Waals surface area contributed by atoms with Crippen LogP contribution in [0.25, 0.3) is 0 Å². The van der Waals surface area contributed by atoms with Gasteiger partial charge in [0.25, 0.3) is 5.91 Å². The quantitative estimate of drug-likeness (QED) is 0.739. The third-order valence-corrected chi connectivity index (χ3v) is 3.48. The van der Waals surface area contributed by atoms with Crippen molar-refractivity contribution in [1.82, 2.24) is 10.2 Å². The molecule has 0 aliphatic rings. The lowest BCUT2D eigenvalue weighted by Crippen LogP contribution is -2.30. The average Bonchev–Trinajstić information content (AvgIpc) is 2.45. The molecule has 112 valence electrons. The Kier molecular flexibility index (Phi) is 7.31. The van der Waals surface area contributed by atoms with Crippen molar-refractivity contribution in [1.29, 1.82) is 0 Å². The Balaban J connectivity index is 2.49. The summed E-state index contributed by atoms with van der Waals surface area (Å²) in [5.41, 5.74) is 2.00.